The number of rotatable bonds is 8. The van der Waals surface area contributed by atoms with Gasteiger partial charge in [0.15, 0.2) is 11.6 Å². The molecule has 2 aromatic rings. The molecule has 0 radical (unpaired) electrons. The minimum Gasteiger partial charge on any atom is -0.508 e. The lowest BCUT2D eigenvalue weighted by Crippen LogP contribution is -2.35. The molecule has 0 fully saturated rings. The highest BCUT2D eigenvalue weighted by Crippen LogP contribution is 2.42. The molecule has 0 aliphatic carbocycles. The molecule has 30 heavy (non-hydrogen) atoms. The summed E-state index contributed by atoms with van der Waals surface area (Å²) in [6.07, 6.45) is 0.576. The number of phenols is 1. The Morgan fingerprint density at radius 3 is 2.43 bits per heavy atom. The zero-order chi connectivity index (χ0) is 21.9. The number of halogens is 3. The van der Waals surface area contributed by atoms with Crippen LogP contribution in [0, 0.1) is 11.9 Å². The van der Waals surface area contributed by atoms with Crippen molar-refractivity contribution in [2.75, 3.05) is 5.32 Å². The van der Waals surface area contributed by atoms with E-state index in [0.717, 1.165) is 0 Å². The lowest BCUT2D eigenvalue weighted by Gasteiger charge is -2.22. The quantitative estimate of drug-likeness (QED) is 0.379. The molecule has 0 bridgehead atoms. The molecule has 0 unspecified atom stereocenters. The number of hydrogen-bond donors (Lipinski definition) is 3. The van der Waals surface area contributed by atoms with E-state index >= 15 is 0 Å². The Hall–Kier alpha value is -2.25. The minimum absolute atomic E-state index is 0. The maximum atomic E-state index is 14.3. The van der Waals surface area contributed by atoms with Crippen LogP contribution < -0.4 is 10.1 Å². The molecule has 0 aliphatic rings. The first-order valence-electron chi connectivity index (χ1n) is 9.11. The van der Waals surface area contributed by atoms with Crippen molar-refractivity contribution in [1.82, 2.24) is 4.98 Å². The number of carboxylic acids is 1. The third-order valence-corrected chi connectivity index (χ3v) is 5.29. The lowest BCUT2D eigenvalue weighted by atomic mass is 9.99. The van der Waals surface area contributed by atoms with Gasteiger partial charge in [-0.2, -0.15) is 9.37 Å². The highest BCUT2D eigenvalue weighted by molar-refractivity contribution is 6.38. The van der Waals surface area contributed by atoms with Crippen molar-refractivity contribution in [3.8, 4) is 17.2 Å². The van der Waals surface area contributed by atoms with E-state index in [-0.39, 0.29) is 47.4 Å². The number of anilines is 1. The number of benzene rings is 1. The number of carbonyl (C=O) groups is 1. The van der Waals surface area contributed by atoms with Gasteiger partial charge in [0.1, 0.15) is 27.6 Å². The Morgan fingerprint density at radius 2 is 1.90 bits per heavy atom. The number of ether oxygens (including phenoxy) is 1. The fourth-order valence-corrected chi connectivity index (χ4v) is 3.14. The van der Waals surface area contributed by atoms with Crippen LogP contribution in [0.5, 0.6) is 17.2 Å². The number of aromatic nitrogens is 1. The molecule has 9 heteroatoms. The fraction of sp³-hybridized carbons (Fsp3) is 0.429. The van der Waals surface area contributed by atoms with Gasteiger partial charge >= 0.3 is 5.97 Å². The molecular weight excluding hydrogens is 434 g/mol. The molecule has 0 aliphatic heterocycles. The minimum atomic E-state index is -1.12. The zero-order valence-corrected chi connectivity index (χ0v) is 18.0. The summed E-state index contributed by atoms with van der Waals surface area (Å²) in [4.78, 5) is 15.2. The molecule has 3 N–H and O–H groups in total. The van der Waals surface area contributed by atoms with Crippen LogP contribution in [-0.4, -0.2) is 27.2 Å². The summed E-state index contributed by atoms with van der Waals surface area (Å²) < 4.78 is 20.0. The lowest BCUT2D eigenvalue weighted by molar-refractivity contribution is -0.139. The summed E-state index contributed by atoms with van der Waals surface area (Å²) in [5.74, 6) is -2.41. The number of aliphatic carboxylic acids is 1. The molecule has 0 amide bonds. The van der Waals surface area contributed by atoms with Gasteiger partial charge < -0.3 is 20.3 Å². The smallest absolute Gasteiger partial charge is 0.326 e. The molecule has 1 aromatic carbocycles. The molecule has 1 aromatic heterocycles. The Morgan fingerprint density at radius 1 is 1.27 bits per heavy atom. The zero-order valence-electron chi connectivity index (χ0n) is 16.5. The number of aromatic hydroxyl groups is 1. The first-order valence-corrected chi connectivity index (χ1v) is 9.86. The van der Waals surface area contributed by atoms with Crippen molar-refractivity contribution >= 4 is 35.0 Å². The predicted octanol–water partition coefficient (Wildman–Crippen LogP) is 6.70. The van der Waals surface area contributed by atoms with Crippen molar-refractivity contribution in [3.05, 3.63) is 39.8 Å². The van der Waals surface area contributed by atoms with Crippen molar-refractivity contribution in [2.24, 2.45) is 5.92 Å². The number of carboxylic acid groups (broad SMARTS) is 1. The van der Waals surface area contributed by atoms with Crippen molar-refractivity contribution in [1.29, 1.82) is 0 Å². The number of phenolic OH excluding ortho intramolecular Hbond substituents is 1. The van der Waals surface area contributed by atoms with E-state index < -0.39 is 23.0 Å². The number of hydrogen-bond acceptors (Lipinski definition) is 5. The summed E-state index contributed by atoms with van der Waals surface area (Å²) in [5, 5.41) is 21.5. The van der Waals surface area contributed by atoms with Gasteiger partial charge in [-0.1, -0.05) is 64.7 Å². The van der Waals surface area contributed by atoms with E-state index in [1.807, 2.05) is 20.8 Å². The van der Waals surface area contributed by atoms with Gasteiger partial charge in [0.2, 0.25) is 5.95 Å². The Bertz CT molecular complexity index is 909. The third kappa shape index (κ3) is 5.67. The normalized spacial score (nSPS) is 12.8. The van der Waals surface area contributed by atoms with Gasteiger partial charge in [0, 0.05) is 5.56 Å². The first-order chi connectivity index (χ1) is 13.6. The number of pyridine rings is 1. The van der Waals surface area contributed by atoms with Crippen LogP contribution in [0.4, 0.5) is 10.2 Å². The maximum Gasteiger partial charge on any atom is 0.326 e. The van der Waals surface area contributed by atoms with Gasteiger partial charge in [-0.15, -0.1) is 0 Å². The van der Waals surface area contributed by atoms with Gasteiger partial charge in [-0.05, 0) is 30.0 Å². The van der Waals surface area contributed by atoms with E-state index in [9.17, 15) is 19.4 Å². The van der Waals surface area contributed by atoms with E-state index in [1.165, 1.54) is 12.1 Å². The number of nitrogens with zero attached hydrogens (tertiary/aromatic N) is 1. The topological polar surface area (TPSA) is 91.7 Å². The number of nitrogens with one attached hydrogen (secondary N) is 1. The Labute approximate surface area is 186 Å². The summed E-state index contributed by atoms with van der Waals surface area (Å²) >= 11 is 12.3. The van der Waals surface area contributed by atoms with E-state index in [2.05, 4.69) is 10.3 Å². The van der Waals surface area contributed by atoms with Crippen LogP contribution >= 0.6 is 23.2 Å². The van der Waals surface area contributed by atoms with Crippen molar-refractivity contribution in [2.45, 2.75) is 53.5 Å². The van der Waals surface area contributed by atoms with Crippen LogP contribution in [0.2, 0.25) is 10.0 Å². The van der Waals surface area contributed by atoms with Crippen molar-refractivity contribution in [3.63, 3.8) is 0 Å². The predicted molar refractivity (Wildman–Crippen MR) is 118 cm³/mol. The van der Waals surface area contributed by atoms with Crippen molar-refractivity contribution < 1.29 is 24.1 Å². The second-order valence-electron chi connectivity index (χ2n) is 7.03. The summed E-state index contributed by atoms with van der Waals surface area (Å²) in [5.41, 5.74) is 0.630. The molecule has 0 spiro atoms. The van der Waals surface area contributed by atoms with E-state index in [1.54, 1.807) is 13.0 Å². The second kappa shape index (κ2) is 10.7. The Kier molecular flexibility index (Phi) is 9.18. The standard InChI is InChI=1S/C20H23Cl2FN2O4.CH4/c1-5-10(4)16(20(27)28)24-19-15(22)17(14(21)18(23)25-19)29-11-6-7-13(26)12(8-11)9(2)3;/h6-10,16,26H,5H2,1-4H3,(H,24,25)(H,27,28);1H4/t10-,16+;/m1./s1. The van der Waals surface area contributed by atoms with E-state index in [0.29, 0.717) is 12.0 Å². The molecule has 1 heterocycles. The average Bonchev–Trinajstić information content (AvgIpc) is 2.67. The highest BCUT2D eigenvalue weighted by atomic mass is 35.5. The molecule has 0 saturated carbocycles. The summed E-state index contributed by atoms with van der Waals surface area (Å²) in [7, 11) is 0. The Balaban J connectivity index is 0.00000450. The average molecular weight is 461 g/mol. The summed E-state index contributed by atoms with van der Waals surface area (Å²) in [6.45, 7) is 7.38. The molecule has 0 saturated heterocycles. The van der Waals surface area contributed by atoms with Crippen LogP contribution in [0.25, 0.3) is 0 Å². The van der Waals surface area contributed by atoms with Gasteiger partial charge in [-0.25, -0.2) is 4.79 Å². The fourth-order valence-electron chi connectivity index (χ4n) is 2.69. The molecule has 2 rings (SSSR count). The van der Waals surface area contributed by atoms with Gasteiger partial charge in [0.25, 0.3) is 0 Å². The largest absolute Gasteiger partial charge is 0.508 e. The van der Waals surface area contributed by atoms with Crippen LogP contribution in [0.3, 0.4) is 0 Å². The maximum absolute atomic E-state index is 14.3. The van der Waals surface area contributed by atoms with Crippen LogP contribution in [-0.2, 0) is 4.79 Å². The van der Waals surface area contributed by atoms with Gasteiger partial charge in [0.05, 0.1) is 0 Å². The summed E-state index contributed by atoms with van der Waals surface area (Å²) in [6, 6.07) is 3.50. The SMILES string of the molecule is C.CC[C@@H](C)[C@H](Nc1nc(F)c(Cl)c(Oc2ccc(O)c(C(C)C)c2)c1Cl)C(=O)O. The van der Waals surface area contributed by atoms with E-state index in [4.69, 9.17) is 27.9 Å². The molecule has 6 nitrogen and oxygen atoms in total. The van der Waals surface area contributed by atoms with Gasteiger partial charge in [-0.3, -0.25) is 0 Å². The monoisotopic (exact) mass is 460 g/mol. The first kappa shape index (κ1) is 25.8. The highest BCUT2D eigenvalue weighted by Gasteiger charge is 2.27. The second-order valence-corrected chi connectivity index (χ2v) is 7.79. The third-order valence-electron chi connectivity index (χ3n) is 4.61. The molecular formula is C21H27Cl2FN2O4. The molecule has 166 valence electrons. The molecule has 2 atom stereocenters. The van der Waals surface area contributed by atoms with Crippen LogP contribution in [0.1, 0.15) is 53.0 Å². The van der Waals surface area contributed by atoms with Crippen LogP contribution in [0.15, 0.2) is 18.2 Å².